The van der Waals surface area contributed by atoms with Crippen molar-refractivity contribution in [2.75, 3.05) is 5.32 Å². The molecule has 1 unspecified atom stereocenters. The predicted octanol–water partition coefficient (Wildman–Crippen LogP) is 3.04. The van der Waals surface area contributed by atoms with E-state index < -0.39 is 0 Å². The van der Waals surface area contributed by atoms with Gasteiger partial charge in [-0.05, 0) is 42.8 Å². The highest BCUT2D eigenvalue weighted by atomic mass is 79.9. The van der Waals surface area contributed by atoms with Crippen LogP contribution in [0.1, 0.15) is 22.8 Å². The fourth-order valence-corrected chi connectivity index (χ4v) is 3.10. The molecule has 0 saturated carbocycles. The SMILES string of the molecule is CC(Cn1cncn1)NC(=O)Cc1ccc(NC(=O)c2cccc(Br)c2)cc1. The number of nitrogens with one attached hydrogen (secondary N) is 2. The highest BCUT2D eigenvalue weighted by molar-refractivity contribution is 9.10. The van der Waals surface area contributed by atoms with E-state index in [1.807, 2.05) is 31.2 Å². The third kappa shape index (κ3) is 5.75. The second-order valence-electron chi connectivity index (χ2n) is 6.42. The van der Waals surface area contributed by atoms with Gasteiger partial charge < -0.3 is 10.6 Å². The Morgan fingerprint density at radius 3 is 2.64 bits per heavy atom. The van der Waals surface area contributed by atoms with E-state index in [4.69, 9.17) is 0 Å². The number of carbonyl (C=O) groups excluding carboxylic acids is 2. The topological polar surface area (TPSA) is 88.9 Å². The first-order valence-electron chi connectivity index (χ1n) is 8.77. The van der Waals surface area contributed by atoms with Gasteiger partial charge in [-0.1, -0.05) is 34.1 Å². The monoisotopic (exact) mass is 441 g/mol. The van der Waals surface area contributed by atoms with Gasteiger partial charge in [0.2, 0.25) is 5.91 Å². The molecule has 7 nitrogen and oxygen atoms in total. The molecule has 0 aliphatic carbocycles. The maximum atomic E-state index is 12.3. The lowest BCUT2D eigenvalue weighted by Gasteiger charge is -2.14. The second-order valence-corrected chi connectivity index (χ2v) is 7.34. The minimum absolute atomic E-state index is 0.0574. The zero-order valence-electron chi connectivity index (χ0n) is 15.3. The van der Waals surface area contributed by atoms with E-state index in [2.05, 4.69) is 36.6 Å². The number of hydrogen-bond acceptors (Lipinski definition) is 4. The van der Waals surface area contributed by atoms with Crippen LogP contribution in [0.15, 0.2) is 65.7 Å². The Labute approximate surface area is 171 Å². The molecule has 0 radical (unpaired) electrons. The van der Waals surface area contributed by atoms with Crippen molar-refractivity contribution in [2.24, 2.45) is 0 Å². The third-order valence-corrected chi connectivity index (χ3v) is 4.49. The van der Waals surface area contributed by atoms with Crippen LogP contribution in [0.3, 0.4) is 0 Å². The van der Waals surface area contributed by atoms with Gasteiger partial charge in [-0.25, -0.2) is 4.98 Å². The minimum atomic E-state index is -0.186. The Hall–Kier alpha value is -3.00. The van der Waals surface area contributed by atoms with Crippen LogP contribution in [-0.2, 0) is 17.8 Å². The van der Waals surface area contributed by atoms with E-state index in [9.17, 15) is 9.59 Å². The molecular formula is C20H20BrN5O2. The normalized spacial score (nSPS) is 11.6. The highest BCUT2D eigenvalue weighted by Crippen LogP contribution is 2.15. The largest absolute Gasteiger partial charge is 0.351 e. The van der Waals surface area contributed by atoms with Gasteiger partial charge in [0.05, 0.1) is 13.0 Å². The molecule has 2 N–H and O–H groups in total. The highest BCUT2D eigenvalue weighted by Gasteiger charge is 2.10. The van der Waals surface area contributed by atoms with E-state index in [1.165, 1.54) is 6.33 Å². The van der Waals surface area contributed by atoms with E-state index in [0.29, 0.717) is 17.8 Å². The van der Waals surface area contributed by atoms with Gasteiger partial charge in [0.25, 0.3) is 5.91 Å². The molecule has 28 heavy (non-hydrogen) atoms. The molecule has 144 valence electrons. The summed E-state index contributed by atoms with van der Waals surface area (Å²) < 4.78 is 2.52. The maximum absolute atomic E-state index is 12.3. The summed E-state index contributed by atoms with van der Waals surface area (Å²) in [5, 5.41) is 9.81. The summed E-state index contributed by atoms with van der Waals surface area (Å²) in [5.74, 6) is -0.257. The number of hydrogen-bond donors (Lipinski definition) is 2. The van der Waals surface area contributed by atoms with Crippen molar-refractivity contribution in [2.45, 2.75) is 25.9 Å². The van der Waals surface area contributed by atoms with Crippen LogP contribution in [0.4, 0.5) is 5.69 Å². The number of nitrogens with zero attached hydrogens (tertiary/aromatic N) is 3. The zero-order chi connectivity index (χ0) is 19.9. The second kappa shape index (κ2) is 9.27. The van der Waals surface area contributed by atoms with Crippen LogP contribution in [-0.4, -0.2) is 32.6 Å². The number of halogens is 1. The average molecular weight is 442 g/mol. The number of benzene rings is 2. The predicted molar refractivity (Wildman–Crippen MR) is 110 cm³/mol. The van der Waals surface area contributed by atoms with Crippen LogP contribution >= 0.6 is 15.9 Å². The molecule has 1 aromatic heterocycles. The minimum Gasteiger partial charge on any atom is -0.351 e. The molecule has 2 aromatic carbocycles. The van der Waals surface area contributed by atoms with E-state index >= 15 is 0 Å². The lowest BCUT2D eigenvalue weighted by molar-refractivity contribution is -0.121. The number of anilines is 1. The summed E-state index contributed by atoms with van der Waals surface area (Å²) in [6, 6.07) is 14.4. The van der Waals surface area contributed by atoms with Gasteiger partial charge in [0, 0.05) is 21.8 Å². The fraction of sp³-hybridized carbons (Fsp3) is 0.200. The number of rotatable bonds is 7. The van der Waals surface area contributed by atoms with Crippen molar-refractivity contribution >= 4 is 33.4 Å². The summed E-state index contributed by atoms with van der Waals surface area (Å²) in [6.07, 6.45) is 3.34. The fourth-order valence-electron chi connectivity index (χ4n) is 2.70. The summed E-state index contributed by atoms with van der Waals surface area (Å²) in [7, 11) is 0. The quantitative estimate of drug-likeness (QED) is 0.589. The Morgan fingerprint density at radius 1 is 1.18 bits per heavy atom. The van der Waals surface area contributed by atoms with E-state index in [-0.39, 0.29) is 24.3 Å². The lowest BCUT2D eigenvalue weighted by Crippen LogP contribution is -2.36. The molecule has 8 heteroatoms. The molecule has 0 spiro atoms. The van der Waals surface area contributed by atoms with Gasteiger partial charge in [0.1, 0.15) is 12.7 Å². The van der Waals surface area contributed by atoms with Crippen LogP contribution in [0.25, 0.3) is 0 Å². The van der Waals surface area contributed by atoms with Crippen molar-refractivity contribution in [1.29, 1.82) is 0 Å². The number of amides is 2. The summed E-state index contributed by atoms with van der Waals surface area (Å²) in [6.45, 7) is 2.48. The van der Waals surface area contributed by atoms with Crippen LogP contribution < -0.4 is 10.6 Å². The number of carbonyl (C=O) groups is 2. The Kier molecular flexibility index (Phi) is 6.54. The summed E-state index contributed by atoms with van der Waals surface area (Å²) in [5.41, 5.74) is 2.11. The van der Waals surface area contributed by atoms with Crippen molar-refractivity contribution in [1.82, 2.24) is 20.1 Å². The van der Waals surface area contributed by atoms with Crippen LogP contribution in [0.5, 0.6) is 0 Å². The maximum Gasteiger partial charge on any atom is 0.255 e. The van der Waals surface area contributed by atoms with Gasteiger partial charge in [-0.2, -0.15) is 5.10 Å². The first-order chi connectivity index (χ1) is 13.5. The first kappa shape index (κ1) is 19.8. The zero-order valence-corrected chi connectivity index (χ0v) is 16.9. The van der Waals surface area contributed by atoms with Gasteiger partial charge in [0.15, 0.2) is 0 Å². The van der Waals surface area contributed by atoms with E-state index in [1.54, 1.807) is 35.3 Å². The van der Waals surface area contributed by atoms with Crippen molar-refractivity contribution in [3.63, 3.8) is 0 Å². The molecule has 0 fully saturated rings. The molecule has 3 rings (SSSR count). The summed E-state index contributed by atoms with van der Waals surface area (Å²) >= 11 is 3.36. The van der Waals surface area contributed by atoms with Crippen molar-refractivity contribution in [3.8, 4) is 0 Å². The molecule has 1 heterocycles. The lowest BCUT2D eigenvalue weighted by atomic mass is 10.1. The number of aromatic nitrogens is 3. The van der Waals surface area contributed by atoms with Crippen LogP contribution in [0.2, 0.25) is 0 Å². The Bertz CT molecular complexity index is 941. The molecule has 0 bridgehead atoms. The van der Waals surface area contributed by atoms with Crippen LogP contribution in [0, 0.1) is 0 Å². The van der Waals surface area contributed by atoms with Crippen molar-refractivity contribution in [3.05, 3.63) is 76.8 Å². The average Bonchev–Trinajstić information content (AvgIpc) is 3.16. The Morgan fingerprint density at radius 2 is 1.96 bits per heavy atom. The Balaban J connectivity index is 1.51. The summed E-state index contributed by atoms with van der Waals surface area (Å²) in [4.78, 5) is 28.4. The third-order valence-electron chi connectivity index (χ3n) is 4.00. The standard InChI is InChI=1S/C20H20BrN5O2/c1-14(11-26-13-22-12-23-26)24-19(27)9-15-5-7-18(8-6-15)25-20(28)16-3-2-4-17(21)10-16/h2-8,10,12-14H,9,11H2,1H3,(H,24,27)(H,25,28). The van der Waals surface area contributed by atoms with Gasteiger partial charge in [-0.15, -0.1) is 0 Å². The molecule has 2 amide bonds. The molecule has 3 aromatic rings. The molecule has 0 aliphatic rings. The van der Waals surface area contributed by atoms with Gasteiger partial charge in [-0.3, -0.25) is 14.3 Å². The van der Waals surface area contributed by atoms with Gasteiger partial charge >= 0.3 is 0 Å². The molecule has 0 aliphatic heterocycles. The molecule has 0 saturated heterocycles. The smallest absolute Gasteiger partial charge is 0.255 e. The first-order valence-corrected chi connectivity index (χ1v) is 9.56. The molecular weight excluding hydrogens is 422 g/mol. The van der Waals surface area contributed by atoms with E-state index in [0.717, 1.165) is 10.0 Å². The molecule has 1 atom stereocenters. The van der Waals surface area contributed by atoms with Crippen molar-refractivity contribution < 1.29 is 9.59 Å².